The Morgan fingerprint density at radius 2 is 1.39 bits per heavy atom. The van der Waals surface area contributed by atoms with Crippen LogP contribution in [0.25, 0.3) is 0 Å². The van der Waals surface area contributed by atoms with E-state index in [4.69, 9.17) is 0 Å². The molecule has 0 amide bonds. The molecule has 2 rings (SSSR count). The number of hydrogen-bond donors (Lipinski definition) is 1. The van der Waals surface area contributed by atoms with Crippen LogP contribution in [0.2, 0.25) is 0 Å². The van der Waals surface area contributed by atoms with Crippen LogP contribution in [0, 0.1) is 0 Å². The molecular formula is C15H28NOP. The van der Waals surface area contributed by atoms with Gasteiger partial charge in [0.15, 0.2) is 0 Å². The number of hydroxylamine groups is 2. The Hall–Kier alpha value is 0.0900. The zero-order chi connectivity index (χ0) is 13.2. The highest BCUT2D eigenvalue weighted by molar-refractivity contribution is 7.21. The average Bonchev–Trinajstić information content (AvgIpc) is 2.39. The highest BCUT2D eigenvalue weighted by Crippen LogP contribution is 2.43. The fourth-order valence-corrected chi connectivity index (χ4v) is 4.28. The molecule has 2 fully saturated rings. The Morgan fingerprint density at radius 1 is 0.944 bits per heavy atom. The van der Waals surface area contributed by atoms with Crippen LogP contribution in [0.3, 0.4) is 0 Å². The van der Waals surface area contributed by atoms with Crippen molar-refractivity contribution in [3.05, 3.63) is 0 Å². The van der Waals surface area contributed by atoms with Crippen LogP contribution in [0.1, 0.15) is 78.1 Å². The molecule has 0 aliphatic heterocycles. The van der Waals surface area contributed by atoms with E-state index in [-0.39, 0.29) is 11.1 Å². The Labute approximate surface area is 114 Å². The van der Waals surface area contributed by atoms with Crippen molar-refractivity contribution < 1.29 is 5.21 Å². The molecule has 0 radical (unpaired) electrons. The van der Waals surface area contributed by atoms with Crippen molar-refractivity contribution in [2.45, 2.75) is 89.1 Å². The highest BCUT2D eigenvalue weighted by Gasteiger charge is 2.47. The monoisotopic (exact) mass is 269 g/mol. The SMILES string of the molecule is CC(=P)C1(N(O)C2(C)CCCCC2)CCCCC1. The minimum atomic E-state index is -0.124. The maximum atomic E-state index is 11.0. The minimum absolute atomic E-state index is 0.0243. The molecule has 1 N–H and O–H groups in total. The summed E-state index contributed by atoms with van der Waals surface area (Å²) in [7, 11) is 3.75. The van der Waals surface area contributed by atoms with Gasteiger partial charge in [0.1, 0.15) is 0 Å². The second-order valence-electron chi connectivity index (χ2n) is 6.59. The van der Waals surface area contributed by atoms with E-state index in [0.717, 1.165) is 25.7 Å². The topological polar surface area (TPSA) is 23.5 Å². The summed E-state index contributed by atoms with van der Waals surface area (Å²) in [5.41, 5.74) is -0.148. The van der Waals surface area contributed by atoms with E-state index >= 15 is 0 Å². The van der Waals surface area contributed by atoms with Gasteiger partial charge >= 0.3 is 0 Å². The maximum absolute atomic E-state index is 11.0. The van der Waals surface area contributed by atoms with E-state index in [0.29, 0.717) is 0 Å². The van der Waals surface area contributed by atoms with Gasteiger partial charge in [-0.2, -0.15) is 5.06 Å². The highest BCUT2D eigenvalue weighted by atomic mass is 31.0. The molecule has 0 bridgehead atoms. The van der Waals surface area contributed by atoms with Crippen molar-refractivity contribution in [3.8, 4) is 0 Å². The summed E-state index contributed by atoms with van der Waals surface area (Å²) in [6.07, 6.45) is 12.1. The van der Waals surface area contributed by atoms with Gasteiger partial charge in [0.2, 0.25) is 0 Å². The van der Waals surface area contributed by atoms with Crippen molar-refractivity contribution in [1.29, 1.82) is 0 Å². The van der Waals surface area contributed by atoms with Gasteiger partial charge in [0.25, 0.3) is 0 Å². The molecule has 2 aliphatic carbocycles. The molecule has 0 aromatic heterocycles. The molecule has 0 spiro atoms. The molecule has 0 heterocycles. The molecule has 2 saturated carbocycles. The standard InChI is InChI=1S/C15H28NOP/c1-13(18)15(11-7-4-8-12-15)16(17)14(2)9-5-3-6-10-14/h17-18H,3-12H2,1-2H3. The third-order valence-electron chi connectivity index (χ3n) is 5.23. The average molecular weight is 269 g/mol. The Kier molecular flexibility index (Phi) is 4.52. The molecule has 104 valence electrons. The summed E-state index contributed by atoms with van der Waals surface area (Å²) in [6, 6.07) is 0. The molecule has 2 nitrogen and oxygen atoms in total. The third-order valence-corrected chi connectivity index (χ3v) is 5.69. The molecule has 0 saturated heterocycles. The lowest BCUT2D eigenvalue weighted by Crippen LogP contribution is -2.62. The molecule has 0 aromatic rings. The van der Waals surface area contributed by atoms with Crippen molar-refractivity contribution in [2.75, 3.05) is 0 Å². The van der Waals surface area contributed by atoms with E-state index in [1.165, 1.54) is 43.8 Å². The Balaban J connectivity index is 2.21. The van der Waals surface area contributed by atoms with Crippen LogP contribution in [0.4, 0.5) is 0 Å². The van der Waals surface area contributed by atoms with Gasteiger partial charge < -0.3 is 5.21 Å². The summed E-state index contributed by atoms with van der Waals surface area (Å²) in [4.78, 5) is 0. The molecule has 0 aromatic carbocycles. The predicted octanol–water partition coefficient (Wildman–Crippen LogP) is 4.44. The molecule has 0 unspecified atom stereocenters. The molecule has 2 aliphatic rings. The quantitative estimate of drug-likeness (QED) is 0.605. The summed E-state index contributed by atoms with van der Waals surface area (Å²) >= 11 is 0. The smallest absolute Gasteiger partial charge is 0.0711 e. The summed E-state index contributed by atoms with van der Waals surface area (Å²) in [5, 5.41) is 13.9. The van der Waals surface area contributed by atoms with Gasteiger partial charge in [-0.15, -0.1) is 8.86 Å². The van der Waals surface area contributed by atoms with Gasteiger partial charge in [-0.25, -0.2) is 0 Å². The summed E-state index contributed by atoms with van der Waals surface area (Å²) in [6.45, 7) is 4.37. The van der Waals surface area contributed by atoms with Gasteiger partial charge in [-0.1, -0.05) is 38.5 Å². The van der Waals surface area contributed by atoms with Crippen LogP contribution in [-0.2, 0) is 0 Å². The van der Waals surface area contributed by atoms with E-state index in [9.17, 15) is 5.21 Å². The van der Waals surface area contributed by atoms with Crippen LogP contribution < -0.4 is 0 Å². The van der Waals surface area contributed by atoms with Crippen molar-refractivity contribution >= 4 is 14.2 Å². The normalized spacial score (nSPS) is 27.1. The molecule has 18 heavy (non-hydrogen) atoms. The first kappa shape index (κ1) is 14.5. The molecule has 0 atom stereocenters. The van der Waals surface area contributed by atoms with E-state index in [1.807, 2.05) is 0 Å². The number of nitrogens with zero attached hydrogens (tertiary/aromatic N) is 1. The largest absolute Gasteiger partial charge is 0.313 e. The third kappa shape index (κ3) is 2.53. The van der Waals surface area contributed by atoms with Crippen LogP contribution in [-0.4, -0.2) is 26.6 Å². The second-order valence-corrected chi connectivity index (χ2v) is 7.34. The zero-order valence-electron chi connectivity index (χ0n) is 12.0. The molecule has 3 heteroatoms. The lowest BCUT2D eigenvalue weighted by Gasteiger charge is -2.52. The first-order chi connectivity index (χ1) is 8.51. The fourth-order valence-electron chi connectivity index (χ4n) is 3.92. The second kappa shape index (κ2) is 5.61. The van der Waals surface area contributed by atoms with E-state index in [1.54, 1.807) is 5.06 Å². The zero-order valence-corrected chi connectivity index (χ0v) is 13.0. The fraction of sp³-hybridized carbons (Fsp3) is 0.933. The van der Waals surface area contributed by atoms with Gasteiger partial charge in [0, 0.05) is 5.54 Å². The van der Waals surface area contributed by atoms with Gasteiger partial charge in [-0.05, 0) is 44.8 Å². The first-order valence-electron chi connectivity index (χ1n) is 7.56. The van der Waals surface area contributed by atoms with E-state index < -0.39 is 0 Å². The number of hydrogen-bond acceptors (Lipinski definition) is 2. The van der Waals surface area contributed by atoms with Gasteiger partial charge in [-0.3, -0.25) is 0 Å². The molecular weight excluding hydrogens is 241 g/mol. The van der Waals surface area contributed by atoms with Crippen molar-refractivity contribution in [2.24, 2.45) is 0 Å². The summed E-state index contributed by atoms with van der Waals surface area (Å²) < 4.78 is 0. The maximum Gasteiger partial charge on any atom is 0.0711 e. The lowest BCUT2D eigenvalue weighted by atomic mass is 9.74. The van der Waals surface area contributed by atoms with Crippen LogP contribution in [0.5, 0.6) is 0 Å². The minimum Gasteiger partial charge on any atom is -0.313 e. The Bertz CT molecular complexity index is 304. The van der Waals surface area contributed by atoms with Crippen LogP contribution in [0.15, 0.2) is 0 Å². The lowest BCUT2D eigenvalue weighted by molar-refractivity contribution is -0.231. The van der Waals surface area contributed by atoms with Crippen LogP contribution >= 0.6 is 8.86 Å². The predicted molar refractivity (Wildman–Crippen MR) is 79.9 cm³/mol. The Morgan fingerprint density at radius 3 is 1.83 bits per heavy atom. The summed E-state index contributed by atoms with van der Waals surface area (Å²) in [5.74, 6) is 0. The first-order valence-corrected chi connectivity index (χ1v) is 8.06. The van der Waals surface area contributed by atoms with Gasteiger partial charge in [0.05, 0.1) is 5.54 Å². The van der Waals surface area contributed by atoms with E-state index in [2.05, 4.69) is 22.7 Å². The van der Waals surface area contributed by atoms with Crippen molar-refractivity contribution in [3.63, 3.8) is 0 Å². The van der Waals surface area contributed by atoms with Crippen molar-refractivity contribution in [1.82, 2.24) is 5.06 Å². The number of rotatable bonds is 3.